The molecule has 18 heavy (non-hydrogen) atoms. The number of anilines is 1. The Balaban J connectivity index is 3.03. The molecule has 8 heteroatoms. The largest absolute Gasteiger partial charge is 0.478 e. The maximum atomic E-state index is 11.0. The van der Waals surface area contributed by atoms with Crippen molar-refractivity contribution in [1.82, 2.24) is 5.32 Å². The third kappa shape index (κ3) is 3.17. The highest BCUT2D eigenvalue weighted by molar-refractivity contribution is 5.95. The van der Waals surface area contributed by atoms with Gasteiger partial charge in [-0.05, 0) is 6.07 Å². The topological polar surface area (TPSA) is 122 Å². The molecule has 0 aliphatic heterocycles. The van der Waals surface area contributed by atoms with Crippen molar-refractivity contribution in [3.8, 4) is 0 Å². The monoisotopic (exact) mass is 253 g/mol. The lowest BCUT2D eigenvalue weighted by Gasteiger charge is -2.08. The lowest BCUT2D eigenvalue weighted by atomic mass is 10.1. The van der Waals surface area contributed by atoms with Gasteiger partial charge in [0, 0.05) is 19.2 Å². The number of hydrogen-bond acceptors (Lipinski definition) is 5. The van der Waals surface area contributed by atoms with Crippen molar-refractivity contribution in [3.05, 3.63) is 33.9 Å². The van der Waals surface area contributed by atoms with Crippen LogP contribution >= 0.6 is 0 Å². The number of likely N-dealkylation sites (N-methyl/N-ethyl adjacent to an activating group) is 1. The van der Waals surface area contributed by atoms with Gasteiger partial charge in [-0.1, -0.05) is 0 Å². The summed E-state index contributed by atoms with van der Waals surface area (Å²) < 4.78 is 0. The van der Waals surface area contributed by atoms with Gasteiger partial charge in [-0.15, -0.1) is 0 Å². The highest BCUT2D eigenvalue weighted by Crippen LogP contribution is 2.22. The molecule has 0 bridgehead atoms. The summed E-state index contributed by atoms with van der Waals surface area (Å²) in [6.07, 6.45) is 0. The van der Waals surface area contributed by atoms with Gasteiger partial charge in [0.2, 0.25) is 5.91 Å². The van der Waals surface area contributed by atoms with E-state index in [1.807, 2.05) is 0 Å². The zero-order valence-corrected chi connectivity index (χ0v) is 9.47. The average Bonchev–Trinajstić information content (AvgIpc) is 2.35. The van der Waals surface area contributed by atoms with Crippen LogP contribution in [0.4, 0.5) is 11.4 Å². The SMILES string of the molecule is CNC(=O)CNc1cc([N+](=O)[O-])ccc1C(=O)O. The molecule has 1 amide bonds. The lowest BCUT2D eigenvalue weighted by Crippen LogP contribution is -2.26. The second-order valence-corrected chi connectivity index (χ2v) is 3.32. The molecule has 0 unspecified atom stereocenters. The second kappa shape index (κ2) is 5.62. The summed E-state index contributed by atoms with van der Waals surface area (Å²) in [7, 11) is 1.43. The summed E-state index contributed by atoms with van der Waals surface area (Å²) in [5, 5.41) is 24.4. The van der Waals surface area contributed by atoms with Crippen LogP contribution in [0.2, 0.25) is 0 Å². The summed E-state index contributed by atoms with van der Waals surface area (Å²) in [6, 6.07) is 3.29. The normalized spacial score (nSPS) is 9.61. The van der Waals surface area contributed by atoms with Gasteiger partial charge in [0.1, 0.15) is 0 Å². The van der Waals surface area contributed by atoms with Crippen LogP contribution in [0.1, 0.15) is 10.4 Å². The van der Waals surface area contributed by atoms with Crippen molar-refractivity contribution in [3.63, 3.8) is 0 Å². The molecule has 0 spiro atoms. The lowest BCUT2D eigenvalue weighted by molar-refractivity contribution is -0.384. The zero-order valence-electron chi connectivity index (χ0n) is 9.47. The van der Waals surface area contributed by atoms with Gasteiger partial charge in [-0.3, -0.25) is 14.9 Å². The first-order valence-electron chi connectivity index (χ1n) is 4.92. The number of carboxylic acid groups (broad SMARTS) is 1. The molecule has 96 valence electrons. The second-order valence-electron chi connectivity index (χ2n) is 3.32. The number of nitrogens with one attached hydrogen (secondary N) is 2. The number of nitro benzene ring substituents is 1. The minimum Gasteiger partial charge on any atom is -0.478 e. The number of non-ortho nitro benzene ring substituents is 1. The molecule has 0 aromatic heterocycles. The summed E-state index contributed by atoms with van der Waals surface area (Å²) >= 11 is 0. The highest BCUT2D eigenvalue weighted by Gasteiger charge is 2.15. The van der Waals surface area contributed by atoms with E-state index in [1.165, 1.54) is 7.05 Å². The molecule has 0 atom stereocenters. The molecule has 0 aliphatic carbocycles. The molecule has 0 saturated carbocycles. The minimum absolute atomic E-state index is 0.0281. The van der Waals surface area contributed by atoms with E-state index in [9.17, 15) is 19.7 Å². The Bertz CT molecular complexity index is 500. The minimum atomic E-state index is -1.23. The van der Waals surface area contributed by atoms with Crippen LogP contribution in [-0.2, 0) is 4.79 Å². The van der Waals surface area contributed by atoms with E-state index >= 15 is 0 Å². The quantitative estimate of drug-likeness (QED) is 0.517. The van der Waals surface area contributed by atoms with Crippen molar-refractivity contribution in [1.29, 1.82) is 0 Å². The third-order valence-corrected chi connectivity index (χ3v) is 2.16. The first-order chi connectivity index (χ1) is 8.45. The fourth-order valence-electron chi connectivity index (χ4n) is 1.24. The van der Waals surface area contributed by atoms with Gasteiger partial charge in [-0.2, -0.15) is 0 Å². The molecule has 1 aromatic carbocycles. The van der Waals surface area contributed by atoms with Crippen molar-refractivity contribution in [2.75, 3.05) is 18.9 Å². The summed E-state index contributed by atoms with van der Waals surface area (Å²) in [4.78, 5) is 31.9. The molecule has 0 fully saturated rings. The maximum absolute atomic E-state index is 11.0. The van der Waals surface area contributed by atoms with Crippen LogP contribution in [0.5, 0.6) is 0 Å². The van der Waals surface area contributed by atoms with Crippen LogP contribution < -0.4 is 10.6 Å². The predicted molar refractivity (Wildman–Crippen MR) is 62.6 cm³/mol. The zero-order chi connectivity index (χ0) is 13.7. The fraction of sp³-hybridized carbons (Fsp3) is 0.200. The van der Waals surface area contributed by atoms with Gasteiger partial charge in [0.25, 0.3) is 5.69 Å². The predicted octanol–water partition coefficient (Wildman–Crippen LogP) is 0.451. The Morgan fingerprint density at radius 1 is 1.44 bits per heavy atom. The van der Waals surface area contributed by atoms with E-state index in [-0.39, 0.29) is 29.4 Å². The van der Waals surface area contributed by atoms with Crippen LogP contribution in [0.25, 0.3) is 0 Å². The summed E-state index contributed by atoms with van der Waals surface area (Å²) in [5.41, 5.74) is -0.357. The third-order valence-electron chi connectivity index (χ3n) is 2.16. The number of carboxylic acids is 1. The fourth-order valence-corrected chi connectivity index (χ4v) is 1.24. The molecule has 1 rings (SSSR count). The number of aromatic carboxylic acids is 1. The number of carbonyl (C=O) groups excluding carboxylic acids is 1. The number of nitro groups is 1. The van der Waals surface area contributed by atoms with Crippen LogP contribution in [0.15, 0.2) is 18.2 Å². The van der Waals surface area contributed by atoms with Gasteiger partial charge >= 0.3 is 5.97 Å². The molecular formula is C10H11N3O5. The van der Waals surface area contributed by atoms with E-state index in [2.05, 4.69) is 10.6 Å². The molecule has 0 heterocycles. The Kier molecular flexibility index (Phi) is 4.19. The smallest absolute Gasteiger partial charge is 0.337 e. The van der Waals surface area contributed by atoms with Gasteiger partial charge < -0.3 is 15.7 Å². The number of rotatable bonds is 5. The van der Waals surface area contributed by atoms with Crippen LogP contribution in [-0.4, -0.2) is 35.5 Å². The Hall–Kier alpha value is -2.64. The number of carbonyl (C=O) groups is 2. The van der Waals surface area contributed by atoms with Crippen molar-refractivity contribution >= 4 is 23.3 Å². The van der Waals surface area contributed by atoms with Crippen molar-refractivity contribution in [2.24, 2.45) is 0 Å². The molecular weight excluding hydrogens is 242 g/mol. The first kappa shape index (κ1) is 13.4. The molecule has 0 radical (unpaired) electrons. The Morgan fingerprint density at radius 3 is 2.61 bits per heavy atom. The van der Waals surface area contributed by atoms with Crippen molar-refractivity contribution in [2.45, 2.75) is 0 Å². The summed E-state index contributed by atoms with van der Waals surface area (Å²) in [6.45, 7) is -0.169. The standard InChI is InChI=1S/C10H11N3O5/c1-11-9(14)5-12-8-4-6(13(17)18)2-3-7(8)10(15)16/h2-4,12H,5H2,1H3,(H,11,14)(H,15,16). The molecule has 8 nitrogen and oxygen atoms in total. The van der Waals surface area contributed by atoms with Gasteiger partial charge in [0.05, 0.1) is 22.7 Å². The van der Waals surface area contributed by atoms with E-state index in [4.69, 9.17) is 5.11 Å². The Labute approximate surface area is 102 Å². The molecule has 1 aromatic rings. The number of nitrogens with zero attached hydrogens (tertiary/aromatic N) is 1. The molecule has 0 saturated heterocycles. The van der Waals surface area contributed by atoms with E-state index in [1.54, 1.807) is 0 Å². The number of benzene rings is 1. The number of hydrogen-bond donors (Lipinski definition) is 3. The maximum Gasteiger partial charge on any atom is 0.337 e. The van der Waals surface area contributed by atoms with Crippen LogP contribution in [0.3, 0.4) is 0 Å². The van der Waals surface area contributed by atoms with Gasteiger partial charge in [0.15, 0.2) is 0 Å². The average molecular weight is 253 g/mol. The number of amides is 1. The molecule has 3 N–H and O–H groups in total. The van der Waals surface area contributed by atoms with E-state index < -0.39 is 10.9 Å². The van der Waals surface area contributed by atoms with E-state index in [0.717, 1.165) is 18.2 Å². The first-order valence-corrected chi connectivity index (χ1v) is 4.92. The van der Waals surface area contributed by atoms with Gasteiger partial charge in [-0.25, -0.2) is 4.79 Å². The Morgan fingerprint density at radius 2 is 2.11 bits per heavy atom. The van der Waals surface area contributed by atoms with E-state index in [0.29, 0.717) is 0 Å². The highest BCUT2D eigenvalue weighted by atomic mass is 16.6. The van der Waals surface area contributed by atoms with Crippen LogP contribution in [0, 0.1) is 10.1 Å². The van der Waals surface area contributed by atoms with Crippen molar-refractivity contribution < 1.29 is 19.6 Å². The molecule has 0 aliphatic rings. The summed E-state index contributed by atoms with van der Waals surface area (Å²) in [5.74, 6) is -1.60.